The van der Waals surface area contributed by atoms with E-state index in [4.69, 9.17) is 19.1 Å². The second kappa shape index (κ2) is 10.4. The van der Waals surface area contributed by atoms with Crippen molar-refractivity contribution in [3.63, 3.8) is 0 Å². The molecule has 4 aromatic rings. The molecular formula is C26H27N3O6. The number of rotatable bonds is 9. The van der Waals surface area contributed by atoms with Crippen LogP contribution >= 0.6 is 0 Å². The van der Waals surface area contributed by atoms with Crippen molar-refractivity contribution in [1.82, 2.24) is 14.7 Å². The standard InChI is InChI=1S/C26H27N3O6/c1-16-13-23(18(3)27-24(16)33-12-11-30)22-6-4-5-20(17(22)2)15-34-21-9-7-19(8-10-21)14-29-25(31)28-26(32)35-29/h4-10,13,30H,11-12,14-15H2,1-3H3,(H,28,31,32). The summed E-state index contributed by atoms with van der Waals surface area (Å²) in [6.45, 7) is 6.62. The highest BCUT2D eigenvalue weighted by molar-refractivity contribution is 5.71. The van der Waals surface area contributed by atoms with Crippen LogP contribution in [0.15, 0.2) is 62.6 Å². The highest BCUT2D eigenvalue weighted by Crippen LogP contribution is 2.31. The Kier molecular flexibility index (Phi) is 7.17. The van der Waals surface area contributed by atoms with E-state index in [2.05, 4.69) is 29.0 Å². The molecule has 0 atom stereocenters. The lowest BCUT2D eigenvalue weighted by Gasteiger charge is -2.16. The number of aliphatic hydroxyl groups excluding tert-OH is 1. The van der Waals surface area contributed by atoms with Crippen molar-refractivity contribution in [2.75, 3.05) is 13.2 Å². The summed E-state index contributed by atoms with van der Waals surface area (Å²) in [6, 6.07) is 15.4. The predicted molar refractivity (Wildman–Crippen MR) is 130 cm³/mol. The molecule has 35 heavy (non-hydrogen) atoms. The van der Waals surface area contributed by atoms with Gasteiger partial charge in [0.1, 0.15) is 19.0 Å². The third-order valence-corrected chi connectivity index (χ3v) is 5.70. The van der Waals surface area contributed by atoms with Crippen LogP contribution in [0.4, 0.5) is 0 Å². The molecule has 0 amide bonds. The molecule has 2 heterocycles. The van der Waals surface area contributed by atoms with Gasteiger partial charge in [-0.3, -0.25) is 0 Å². The Balaban J connectivity index is 1.48. The molecule has 9 nitrogen and oxygen atoms in total. The van der Waals surface area contributed by atoms with Gasteiger partial charge < -0.3 is 19.1 Å². The third kappa shape index (κ3) is 5.52. The Morgan fingerprint density at radius 1 is 1.03 bits per heavy atom. The number of aliphatic hydroxyl groups is 1. The van der Waals surface area contributed by atoms with E-state index in [1.165, 1.54) is 0 Å². The largest absolute Gasteiger partial charge is 0.489 e. The first kappa shape index (κ1) is 24.0. The summed E-state index contributed by atoms with van der Waals surface area (Å²) in [6.07, 6.45) is 0. The molecule has 0 fully saturated rings. The number of hydrogen-bond acceptors (Lipinski definition) is 7. The van der Waals surface area contributed by atoms with Gasteiger partial charge in [0.2, 0.25) is 5.88 Å². The van der Waals surface area contributed by atoms with Crippen LogP contribution in [0, 0.1) is 20.8 Å². The van der Waals surface area contributed by atoms with Gasteiger partial charge in [-0.05, 0) is 61.2 Å². The average molecular weight is 478 g/mol. The molecule has 9 heteroatoms. The van der Waals surface area contributed by atoms with Crippen LogP contribution in [-0.4, -0.2) is 33.0 Å². The highest BCUT2D eigenvalue weighted by Gasteiger charge is 2.13. The summed E-state index contributed by atoms with van der Waals surface area (Å²) < 4.78 is 17.3. The zero-order chi connectivity index (χ0) is 24.9. The second-order valence-electron chi connectivity index (χ2n) is 8.18. The number of ether oxygens (including phenoxy) is 2. The number of hydrogen-bond donors (Lipinski definition) is 2. The first-order valence-electron chi connectivity index (χ1n) is 11.2. The first-order valence-corrected chi connectivity index (χ1v) is 11.2. The molecule has 182 valence electrons. The molecule has 0 unspecified atom stereocenters. The molecule has 2 aromatic heterocycles. The Labute approximate surface area is 201 Å². The predicted octanol–water partition coefficient (Wildman–Crippen LogP) is 3.12. The summed E-state index contributed by atoms with van der Waals surface area (Å²) in [5, 5.41) is 9.01. The summed E-state index contributed by atoms with van der Waals surface area (Å²) in [5.74, 6) is 0.435. The normalized spacial score (nSPS) is 11.0. The summed E-state index contributed by atoms with van der Waals surface area (Å²) >= 11 is 0. The van der Waals surface area contributed by atoms with Crippen LogP contribution in [0.5, 0.6) is 11.6 Å². The number of benzene rings is 2. The first-order chi connectivity index (χ1) is 16.9. The zero-order valence-electron chi connectivity index (χ0n) is 19.8. The van der Waals surface area contributed by atoms with Gasteiger partial charge in [-0.15, -0.1) is 4.74 Å². The number of H-pyrrole nitrogens is 1. The molecule has 2 N–H and O–H groups in total. The number of nitrogens with one attached hydrogen (secondary N) is 1. The summed E-state index contributed by atoms with van der Waals surface area (Å²) in [4.78, 5) is 29.4. The van der Waals surface area contributed by atoms with E-state index in [1.54, 1.807) is 0 Å². The number of nitrogens with zero attached hydrogens (tertiary/aromatic N) is 2. The van der Waals surface area contributed by atoms with Crippen LogP contribution in [-0.2, 0) is 13.2 Å². The minimum Gasteiger partial charge on any atom is -0.489 e. The van der Waals surface area contributed by atoms with Crippen molar-refractivity contribution >= 4 is 0 Å². The van der Waals surface area contributed by atoms with Crippen molar-refractivity contribution in [3.8, 4) is 22.8 Å². The van der Waals surface area contributed by atoms with Crippen LogP contribution in [0.3, 0.4) is 0 Å². The molecule has 0 saturated carbocycles. The lowest BCUT2D eigenvalue weighted by atomic mass is 9.95. The minimum absolute atomic E-state index is 0.0587. The molecule has 4 rings (SSSR count). The van der Waals surface area contributed by atoms with Crippen LogP contribution in [0.1, 0.15) is 27.9 Å². The molecule has 0 spiro atoms. The zero-order valence-corrected chi connectivity index (χ0v) is 19.8. The quantitative estimate of drug-likeness (QED) is 0.380. The Hall–Kier alpha value is -4.11. The number of pyridine rings is 1. The van der Waals surface area contributed by atoms with Gasteiger partial charge in [0.15, 0.2) is 0 Å². The SMILES string of the molecule is Cc1cc(-c2cccc(COc3ccc(Cn4oc(=O)[nH]c4=O)cc3)c2C)c(C)nc1OCCO. The van der Waals surface area contributed by atoms with E-state index in [9.17, 15) is 9.59 Å². The van der Waals surface area contributed by atoms with Crippen LogP contribution < -0.4 is 20.9 Å². The van der Waals surface area contributed by atoms with Crippen molar-refractivity contribution < 1.29 is 19.1 Å². The lowest BCUT2D eigenvalue weighted by Crippen LogP contribution is -2.17. The van der Waals surface area contributed by atoms with Gasteiger partial charge in [0, 0.05) is 16.8 Å². The van der Waals surface area contributed by atoms with E-state index in [-0.39, 0.29) is 19.8 Å². The fraction of sp³-hybridized carbons (Fsp3) is 0.269. The van der Waals surface area contributed by atoms with E-state index in [1.807, 2.05) is 50.2 Å². The molecule has 0 aliphatic carbocycles. The molecular weight excluding hydrogens is 450 g/mol. The molecule has 0 radical (unpaired) electrons. The highest BCUT2D eigenvalue weighted by atomic mass is 16.5. The number of aromatic amines is 1. The van der Waals surface area contributed by atoms with Gasteiger partial charge in [-0.25, -0.2) is 19.6 Å². The molecule has 0 saturated heterocycles. The Morgan fingerprint density at radius 2 is 1.80 bits per heavy atom. The van der Waals surface area contributed by atoms with Gasteiger partial charge in [0.05, 0.1) is 13.2 Å². The van der Waals surface area contributed by atoms with E-state index < -0.39 is 11.4 Å². The van der Waals surface area contributed by atoms with Gasteiger partial charge in [-0.1, -0.05) is 30.3 Å². The van der Waals surface area contributed by atoms with Crippen molar-refractivity contribution in [1.29, 1.82) is 0 Å². The van der Waals surface area contributed by atoms with Crippen molar-refractivity contribution in [3.05, 3.63) is 97.5 Å². The number of aromatic nitrogens is 3. The topological polar surface area (TPSA) is 120 Å². The van der Waals surface area contributed by atoms with Crippen LogP contribution in [0.25, 0.3) is 11.1 Å². The van der Waals surface area contributed by atoms with E-state index >= 15 is 0 Å². The maximum absolute atomic E-state index is 11.6. The maximum atomic E-state index is 11.6. The Bertz CT molecular complexity index is 1430. The fourth-order valence-electron chi connectivity index (χ4n) is 3.81. The van der Waals surface area contributed by atoms with E-state index in [0.29, 0.717) is 18.2 Å². The van der Waals surface area contributed by atoms with Crippen LogP contribution in [0.2, 0.25) is 0 Å². The van der Waals surface area contributed by atoms with E-state index in [0.717, 1.165) is 43.8 Å². The average Bonchev–Trinajstić information content (AvgIpc) is 3.16. The summed E-state index contributed by atoms with van der Waals surface area (Å²) in [7, 11) is 0. The van der Waals surface area contributed by atoms with Gasteiger partial charge >= 0.3 is 11.4 Å². The molecule has 2 aromatic carbocycles. The third-order valence-electron chi connectivity index (χ3n) is 5.70. The smallest absolute Gasteiger partial charge is 0.440 e. The fourth-order valence-corrected chi connectivity index (χ4v) is 3.81. The van der Waals surface area contributed by atoms with Gasteiger partial charge in [-0.2, -0.15) is 0 Å². The maximum Gasteiger partial charge on any atom is 0.440 e. The number of aryl methyl sites for hydroxylation is 2. The second-order valence-corrected chi connectivity index (χ2v) is 8.18. The van der Waals surface area contributed by atoms with Crippen molar-refractivity contribution in [2.24, 2.45) is 0 Å². The Morgan fingerprint density at radius 3 is 2.49 bits per heavy atom. The van der Waals surface area contributed by atoms with Crippen molar-refractivity contribution in [2.45, 2.75) is 33.9 Å². The molecule has 0 bridgehead atoms. The summed E-state index contributed by atoms with van der Waals surface area (Å²) in [5.41, 5.74) is 6.20. The minimum atomic E-state index is -0.778. The molecule has 0 aliphatic rings. The molecule has 0 aliphatic heterocycles. The monoisotopic (exact) mass is 477 g/mol. The van der Waals surface area contributed by atoms with Gasteiger partial charge in [0.25, 0.3) is 0 Å². The lowest BCUT2D eigenvalue weighted by molar-refractivity contribution is 0.195.